The number of H-pyrrole nitrogens is 2. The highest BCUT2D eigenvalue weighted by atomic mass is 32.2. The molecule has 0 atom stereocenters. The van der Waals surface area contributed by atoms with E-state index in [4.69, 9.17) is 0 Å². The summed E-state index contributed by atoms with van der Waals surface area (Å²) in [6, 6.07) is 3.83. The Bertz CT molecular complexity index is 918. The van der Waals surface area contributed by atoms with E-state index in [1.807, 2.05) is 0 Å². The molecule has 0 aliphatic rings. The molecule has 2 aromatic heterocycles. The van der Waals surface area contributed by atoms with Crippen molar-refractivity contribution >= 4 is 28.7 Å². The first kappa shape index (κ1) is 14.1. The molecule has 112 valence electrons. The van der Waals surface area contributed by atoms with Gasteiger partial charge in [-0.2, -0.15) is 0 Å². The lowest BCUT2D eigenvalue weighted by Crippen LogP contribution is -2.10. The molecule has 0 radical (unpaired) electrons. The molecule has 0 bridgehead atoms. The molecule has 0 aliphatic carbocycles. The minimum atomic E-state index is -0.361. The third-order valence-electron chi connectivity index (χ3n) is 2.91. The lowest BCUT2D eigenvalue weighted by Gasteiger charge is -2.03. The van der Waals surface area contributed by atoms with Crippen LogP contribution >= 0.6 is 11.8 Å². The summed E-state index contributed by atoms with van der Waals surface area (Å²) in [5.41, 5.74) is 0.450. The van der Waals surface area contributed by atoms with Crippen LogP contribution in [0.25, 0.3) is 11.2 Å². The number of thioether (sulfide) groups is 1. The van der Waals surface area contributed by atoms with Gasteiger partial charge in [-0.15, -0.1) is 0 Å². The zero-order valence-electron chi connectivity index (χ0n) is 11.0. The number of aromatic hydroxyl groups is 2. The van der Waals surface area contributed by atoms with Gasteiger partial charge < -0.3 is 15.2 Å². The van der Waals surface area contributed by atoms with E-state index in [-0.39, 0.29) is 50.5 Å². The van der Waals surface area contributed by atoms with Crippen molar-refractivity contribution in [3.05, 3.63) is 40.4 Å². The minimum Gasteiger partial charge on any atom is -0.504 e. The van der Waals surface area contributed by atoms with Crippen LogP contribution in [0.4, 0.5) is 0 Å². The summed E-state index contributed by atoms with van der Waals surface area (Å²) < 4.78 is 0. The van der Waals surface area contributed by atoms with Crippen LogP contribution in [0, 0.1) is 0 Å². The maximum atomic E-state index is 12.0. The molecule has 0 aliphatic heterocycles. The van der Waals surface area contributed by atoms with Crippen LogP contribution in [-0.4, -0.2) is 41.7 Å². The smallest absolute Gasteiger partial charge is 0.277 e. The summed E-state index contributed by atoms with van der Waals surface area (Å²) in [6.45, 7) is 0. The van der Waals surface area contributed by atoms with E-state index in [9.17, 15) is 19.8 Å². The number of phenols is 2. The number of rotatable bonds is 4. The summed E-state index contributed by atoms with van der Waals surface area (Å²) >= 11 is 1.05. The Morgan fingerprint density at radius 3 is 2.86 bits per heavy atom. The van der Waals surface area contributed by atoms with Crippen molar-refractivity contribution in [3.63, 3.8) is 0 Å². The highest BCUT2D eigenvalue weighted by Gasteiger charge is 2.12. The monoisotopic (exact) mass is 318 g/mol. The molecular weight excluding hydrogens is 308 g/mol. The Hall–Kier alpha value is -2.81. The Morgan fingerprint density at radius 1 is 1.27 bits per heavy atom. The maximum Gasteiger partial charge on any atom is 0.277 e. The largest absolute Gasteiger partial charge is 0.504 e. The Kier molecular flexibility index (Phi) is 3.55. The molecule has 9 heteroatoms. The molecule has 0 fully saturated rings. The quantitative estimate of drug-likeness (QED) is 0.244. The molecular formula is C13H10N4O4S. The average molecular weight is 318 g/mol. The van der Waals surface area contributed by atoms with Gasteiger partial charge in [-0.05, 0) is 18.2 Å². The molecule has 0 amide bonds. The van der Waals surface area contributed by atoms with Crippen molar-refractivity contribution in [3.8, 4) is 11.5 Å². The molecule has 1 aromatic carbocycles. The van der Waals surface area contributed by atoms with Crippen molar-refractivity contribution in [2.75, 3.05) is 5.75 Å². The topological polar surface area (TPSA) is 132 Å². The SMILES string of the molecule is O=C(CSc1nc2nc[nH]c2c(=O)[nH]1)c1ccc(O)c(O)c1. The highest BCUT2D eigenvalue weighted by Crippen LogP contribution is 2.26. The van der Waals surface area contributed by atoms with Crippen LogP contribution in [0.3, 0.4) is 0 Å². The molecule has 0 saturated carbocycles. The number of phenolic OH excluding ortho intramolecular Hbond substituents is 2. The van der Waals surface area contributed by atoms with Gasteiger partial charge in [-0.25, -0.2) is 9.97 Å². The van der Waals surface area contributed by atoms with Gasteiger partial charge in [0.1, 0.15) is 0 Å². The molecule has 3 rings (SSSR count). The number of carbonyl (C=O) groups excluding carboxylic acids is 1. The first-order valence-corrected chi connectivity index (χ1v) is 7.14. The van der Waals surface area contributed by atoms with Crippen molar-refractivity contribution in [2.24, 2.45) is 0 Å². The van der Waals surface area contributed by atoms with Crippen molar-refractivity contribution < 1.29 is 15.0 Å². The van der Waals surface area contributed by atoms with E-state index in [0.717, 1.165) is 11.8 Å². The van der Waals surface area contributed by atoms with E-state index >= 15 is 0 Å². The van der Waals surface area contributed by atoms with Crippen LogP contribution in [0.5, 0.6) is 11.5 Å². The van der Waals surface area contributed by atoms with Gasteiger partial charge >= 0.3 is 0 Å². The second-order valence-corrected chi connectivity index (χ2v) is 5.35. The second-order valence-electron chi connectivity index (χ2n) is 4.39. The Labute approximate surface area is 127 Å². The van der Waals surface area contributed by atoms with Gasteiger partial charge in [0.05, 0.1) is 12.1 Å². The number of benzene rings is 1. The number of ketones is 1. The van der Waals surface area contributed by atoms with Gasteiger partial charge in [0.15, 0.2) is 33.6 Å². The molecule has 0 spiro atoms. The van der Waals surface area contributed by atoms with Crippen molar-refractivity contribution in [1.82, 2.24) is 19.9 Å². The van der Waals surface area contributed by atoms with Gasteiger partial charge in [0.25, 0.3) is 5.56 Å². The fourth-order valence-corrected chi connectivity index (χ4v) is 2.56. The third kappa shape index (κ3) is 2.66. The minimum absolute atomic E-state index is 0.0169. The van der Waals surface area contributed by atoms with Crippen LogP contribution in [0.2, 0.25) is 0 Å². The standard InChI is InChI=1S/C13H10N4O4S/c18-7-2-1-6(3-8(7)19)9(20)4-22-13-16-11-10(12(21)17-13)14-5-15-11/h1-3,5,18-19H,4H2,(H2,14,15,16,17,21). The van der Waals surface area contributed by atoms with Crippen LogP contribution < -0.4 is 5.56 Å². The number of imidazole rings is 1. The average Bonchev–Trinajstić information content (AvgIpc) is 2.96. The van der Waals surface area contributed by atoms with E-state index in [0.29, 0.717) is 0 Å². The fraction of sp³-hybridized carbons (Fsp3) is 0.0769. The number of nitrogens with zero attached hydrogens (tertiary/aromatic N) is 2. The second kappa shape index (κ2) is 5.53. The molecule has 4 N–H and O–H groups in total. The molecule has 8 nitrogen and oxygen atoms in total. The molecule has 2 heterocycles. The number of aromatic nitrogens is 4. The van der Waals surface area contributed by atoms with E-state index in [2.05, 4.69) is 19.9 Å². The van der Waals surface area contributed by atoms with Crippen molar-refractivity contribution in [1.29, 1.82) is 0 Å². The summed E-state index contributed by atoms with van der Waals surface area (Å²) in [5.74, 6) is -0.909. The maximum absolute atomic E-state index is 12.0. The lowest BCUT2D eigenvalue weighted by molar-refractivity contribution is 0.102. The van der Waals surface area contributed by atoms with Crippen LogP contribution in [0.15, 0.2) is 34.5 Å². The summed E-state index contributed by atoms with van der Waals surface area (Å²) in [4.78, 5) is 37.0. The molecule has 3 aromatic rings. The number of fused-ring (bicyclic) bond motifs is 1. The normalized spacial score (nSPS) is 10.9. The Morgan fingerprint density at radius 2 is 2.09 bits per heavy atom. The van der Waals surface area contributed by atoms with Gasteiger partial charge in [-0.3, -0.25) is 14.6 Å². The summed E-state index contributed by atoms with van der Waals surface area (Å²) in [6.07, 6.45) is 1.37. The number of nitrogens with one attached hydrogen (secondary N) is 2. The third-order valence-corrected chi connectivity index (χ3v) is 3.78. The number of Topliss-reactive ketones (excluding diaryl/α,β-unsaturated/α-hetero) is 1. The number of carbonyl (C=O) groups is 1. The first-order valence-electron chi connectivity index (χ1n) is 6.16. The zero-order chi connectivity index (χ0) is 15.7. The molecule has 22 heavy (non-hydrogen) atoms. The van der Waals surface area contributed by atoms with E-state index < -0.39 is 0 Å². The molecule has 0 saturated heterocycles. The fourth-order valence-electron chi connectivity index (χ4n) is 1.81. The summed E-state index contributed by atoms with van der Waals surface area (Å²) in [5, 5.41) is 18.9. The highest BCUT2D eigenvalue weighted by molar-refractivity contribution is 7.99. The first-order chi connectivity index (χ1) is 10.5. The van der Waals surface area contributed by atoms with E-state index in [1.165, 1.54) is 24.5 Å². The van der Waals surface area contributed by atoms with Crippen molar-refractivity contribution in [2.45, 2.75) is 5.16 Å². The Balaban J connectivity index is 1.76. The zero-order valence-corrected chi connectivity index (χ0v) is 11.8. The van der Waals surface area contributed by atoms with Crippen LogP contribution in [-0.2, 0) is 0 Å². The molecule has 0 unspecified atom stereocenters. The van der Waals surface area contributed by atoms with Crippen LogP contribution in [0.1, 0.15) is 10.4 Å². The summed E-state index contributed by atoms with van der Waals surface area (Å²) in [7, 11) is 0. The number of aromatic amines is 2. The van der Waals surface area contributed by atoms with E-state index in [1.54, 1.807) is 0 Å². The predicted molar refractivity (Wildman–Crippen MR) is 79.3 cm³/mol. The lowest BCUT2D eigenvalue weighted by atomic mass is 10.1. The van der Waals surface area contributed by atoms with Gasteiger partial charge in [0.2, 0.25) is 0 Å². The van der Waals surface area contributed by atoms with Gasteiger partial charge in [-0.1, -0.05) is 11.8 Å². The number of hydrogen-bond donors (Lipinski definition) is 4. The predicted octanol–water partition coefficient (Wildman–Crippen LogP) is 1.03. The van der Waals surface area contributed by atoms with Gasteiger partial charge in [0, 0.05) is 5.56 Å². The number of hydrogen-bond acceptors (Lipinski definition) is 7.